The van der Waals surface area contributed by atoms with Crippen LogP contribution in [0.2, 0.25) is 0 Å². The first-order valence-electron chi connectivity index (χ1n) is 5.77. The summed E-state index contributed by atoms with van der Waals surface area (Å²) in [6.45, 7) is 1.61. The molecule has 1 fully saturated rings. The summed E-state index contributed by atoms with van der Waals surface area (Å²) in [7, 11) is 1.60. The maximum atomic E-state index is 12.2. The number of ether oxygens (including phenoxy) is 1. The lowest BCUT2D eigenvalue weighted by Gasteiger charge is -2.31. The molecule has 0 saturated carbocycles. The highest BCUT2D eigenvalue weighted by molar-refractivity contribution is 7.12. The van der Waals surface area contributed by atoms with Crippen LogP contribution in [-0.4, -0.2) is 42.7 Å². The van der Waals surface area contributed by atoms with Gasteiger partial charge in [-0.1, -0.05) is 0 Å². The van der Waals surface area contributed by atoms with E-state index in [1.165, 1.54) is 11.3 Å². The first-order valence-corrected chi connectivity index (χ1v) is 6.65. The van der Waals surface area contributed by atoms with Crippen LogP contribution in [0, 0.1) is 5.92 Å². The number of aliphatic hydroxyl groups excluding tert-OH is 1. The zero-order valence-corrected chi connectivity index (χ0v) is 10.7. The van der Waals surface area contributed by atoms with Gasteiger partial charge in [0.05, 0.1) is 12.0 Å². The van der Waals surface area contributed by atoms with Crippen LogP contribution in [0.3, 0.4) is 0 Å². The van der Waals surface area contributed by atoms with Crippen LogP contribution in [-0.2, 0) is 0 Å². The SMILES string of the molecule is COc1csc(C(=O)N2CCCC(CO)C2)c1. The second-order valence-corrected chi connectivity index (χ2v) is 5.20. The van der Waals surface area contributed by atoms with Crippen LogP contribution in [0.1, 0.15) is 22.5 Å². The predicted octanol–water partition coefficient (Wildman–Crippen LogP) is 1.60. The Bertz CT molecular complexity index is 391. The van der Waals surface area contributed by atoms with Crippen LogP contribution in [0.5, 0.6) is 5.75 Å². The number of hydrogen-bond acceptors (Lipinski definition) is 4. The molecular weight excluding hydrogens is 238 g/mol. The Hall–Kier alpha value is -1.07. The van der Waals surface area contributed by atoms with Crippen molar-refractivity contribution in [2.75, 3.05) is 26.8 Å². The molecule has 1 aliphatic heterocycles. The Morgan fingerprint density at radius 2 is 2.53 bits per heavy atom. The Morgan fingerprint density at radius 1 is 1.71 bits per heavy atom. The van der Waals surface area contributed by atoms with E-state index in [9.17, 15) is 4.79 Å². The fourth-order valence-corrected chi connectivity index (χ4v) is 2.91. The highest BCUT2D eigenvalue weighted by Gasteiger charge is 2.24. The number of rotatable bonds is 3. The van der Waals surface area contributed by atoms with E-state index >= 15 is 0 Å². The summed E-state index contributed by atoms with van der Waals surface area (Å²) in [5, 5.41) is 11.0. The number of piperidine rings is 1. The van der Waals surface area contributed by atoms with Gasteiger partial charge in [-0.15, -0.1) is 11.3 Å². The van der Waals surface area contributed by atoms with Gasteiger partial charge in [0.25, 0.3) is 5.91 Å². The molecule has 1 aromatic heterocycles. The summed E-state index contributed by atoms with van der Waals surface area (Å²) in [5.41, 5.74) is 0. The number of likely N-dealkylation sites (tertiary alicyclic amines) is 1. The van der Waals surface area contributed by atoms with Crippen LogP contribution < -0.4 is 4.74 Å². The normalized spacial score (nSPS) is 20.4. The molecule has 1 aliphatic rings. The molecule has 2 heterocycles. The first-order chi connectivity index (χ1) is 8.24. The summed E-state index contributed by atoms with van der Waals surface area (Å²) < 4.78 is 5.07. The second-order valence-electron chi connectivity index (χ2n) is 4.29. The van der Waals surface area contributed by atoms with E-state index in [1.54, 1.807) is 13.2 Å². The molecular formula is C12H17NO3S. The smallest absolute Gasteiger partial charge is 0.264 e. The average molecular weight is 255 g/mol. The summed E-state index contributed by atoms with van der Waals surface area (Å²) >= 11 is 1.41. The van der Waals surface area contributed by atoms with Gasteiger partial charge in [-0.25, -0.2) is 0 Å². The molecule has 2 rings (SSSR count). The number of carbonyl (C=O) groups excluding carboxylic acids is 1. The van der Waals surface area contributed by atoms with E-state index in [2.05, 4.69) is 0 Å². The molecule has 94 valence electrons. The van der Waals surface area contributed by atoms with Gasteiger partial charge in [-0.05, 0) is 18.8 Å². The number of nitrogens with zero attached hydrogens (tertiary/aromatic N) is 1. The van der Waals surface area contributed by atoms with E-state index < -0.39 is 0 Å². The van der Waals surface area contributed by atoms with E-state index in [-0.39, 0.29) is 18.4 Å². The summed E-state index contributed by atoms with van der Waals surface area (Å²) in [5.74, 6) is 1.01. The number of amides is 1. The number of carbonyl (C=O) groups is 1. The van der Waals surface area contributed by atoms with Crippen molar-refractivity contribution < 1.29 is 14.6 Å². The zero-order chi connectivity index (χ0) is 12.3. The Kier molecular flexibility index (Phi) is 4.02. The molecule has 1 aromatic rings. The van der Waals surface area contributed by atoms with Gasteiger partial charge in [0.2, 0.25) is 0 Å². The van der Waals surface area contributed by atoms with Crippen molar-refractivity contribution >= 4 is 17.2 Å². The Morgan fingerprint density at radius 3 is 3.18 bits per heavy atom. The summed E-state index contributed by atoms with van der Waals surface area (Å²) in [6, 6.07) is 1.77. The molecule has 0 aliphatic carbocycles. The molecule has 1 atom stereocenters. The van der Waals surface area contributed by atoms with Gasteiger partial charge in [0.15, 0.2) is 0 Å². The molecule has 5 heteroatoms. The van der Waals surface area contributed by atoms with Crippen LogP contribution in [0.4, 0.5) is 0 Å². The maximum Gasteiger partial charge on any atom is 0.264 e. The van der Waals surface area contributed by atoms with Gasteiger partial charge in [-0.3, -0.25) is 4.79 Å². The van der Waals surface area contributed by atoms with Crippen molar-refractivity contribution in [1.29, 1.82) is 0 Å². The molecule has 1 amide bonds. The molecule has 0 bridgehead atoms. The van der Waals surface area contributed by atoms with Gasteiger partial charge in [-0.2, -0.15) is 0 Å². The number of hydrogen-bond donors (Lipinski definition) is 1. The lowest BCUT2D eigenvalue weighted by atomic mass is 9.99. The zero-order valence-electron chi connectivity index (χ0n) is 9.89. The highest BCUT2D eigenvalue weighted by Crippen LogP contribution is 2.24. The lowest BCUT2D eigenvalue weighted by Crippen LogP contribution is -2.40. The summed E-state index contributed by atoms with van der Waals surface area (Å²) in [6.07, 6.45) is 1.98. The van der Waals surface area contributed by atoms with E-state index in [4.69, 9.17) is 9.84 Å². The number of methoxy groups -OCH3 is 1. The molecule has 0 aromatic carbocycles. The quantitative estimate of drug-likeness (QED) is 0.892. The lowest BCUT2D eigenvalue weighted by molar-refractivity contribution is 0.0625. The fourth-order valence-electron chi connectivity index (χ4n) is 2.09. The van der Waals surface area contributed by atoms with Crippen molar-refractivity contribution in [2.24, 2.45) is 5.92 Å². The maximum absolute atomic E-state index is 12.2. The largest absolute Gasteiger partial charge is 0.496 e. The third kappa shape index (κ3) is 2.79. The van der Waals surface area contributed by atoms with Crippen molar-refractivity contribution in [1.82, 2.24) is 4.90 Å². The monoisotopic (exact) mass is 255 g/mol. The Labute approximate surface area is 105 Å². The average Bonchev–Trinajstić information content (AvgIpc) is 2.86. The van der Waals surface area contributed by atoms with Gasteiger partial charge < -0.3 is 14.7 Å². The third-order valence-electron chi connectivity index (χ3n) is 3.09. The third-order valence-corrected chi connectivity index (χ3v) is 3.98. The van der Waals surface area contributed by atoms with Gasteiger partial charge >= 0.3 is 0 Å². The molecule has 0 spiro atoms. The van der Waals surface area contributed by atoms with Gasteiger partial charge in [0.1, 0.15) is 5.75 Å². The minimum atomic E-state index is 0.0523. The van der Waals surface area contributed by atoms with E-state index in [0.717, 1.165) is 25.1 Å². The van der Waals surface area contributed by atoms with Crippen molar-refractivity contribution in [3.8, 4) is 5.75 Å². The number of aliphatic hydroxyl groups is 1. The molecule has 0 radical (unpaired) electrons. The minimum Gasteiger partial charge on any atom is -0.496 e. The highest BCUT2D eigenvalue weighted by atomic mass is 32.1. The van der Waals surface area contributed by atoms with Crippen molar-refractivity contribution in [2.45, 2.75) is 12.8 Å². The van der Waals surface area contributed by atoms with Crippen LogP contribution in [0.25, 0.3) is 0 Å². The Balaban J connectivity index is 2.03. The fraction of sp³-hybridized carbons (Fsp3) is 0.583. The molecule has 4 nitrogen and oxygen atoms in total. The summed E-state index contributed by atoms with van der Waals surface area (Å²) in [4.78, 5) is 14.7. The standard InChI is InChI=1S/C12H17NO3S/c1-16-10-5-11(17-8-10)12(15)13-4-2-3-9(6-13)7-14/h5,8-9,14H,2-4,6-7H2,1H3. The van der Waals surface area contributed by atoms with E-state index in [1.807, 2.05) is 10.3 Å². The number of thiophene rings is 1. The second kappa shape index (κ2) is 5.51. The first kappa shape index (κ1) is 12.4. The molecule has 1 N–H and O–H groups in total. The topological polar surface area (TPSA) is 49.8 Å². The van der Waals surface area contributed by atoms with Crippen LogP contribution >= 0.6 is 11.3 Å². The van der Waals surface area contributed by atoms with E-state index in [0.29, 0.717) is 11.4 Å². The molecule has 17 heavy (non-hydrogen) atoms. The minimum absolute atomic E-state index is 0.0523. The molecule has 1 unspecified atom stereocenters. The van der Waals surface area contributed by atoms with Crippen molar-refractivity contribution in [3.05, 3.63) is 16.3 Å². The predicted molar refractivity (Wildman–Crippen MR) is 66.6 cm³/mol. The van der Waals surface area contributed by atoms with Crippen molar-refractivity contribution in [3.63, 3.8) is 0 Å². The van der Waals surface area contributed by atoms with Gasteiger partial charge in [0, 0.05) is 31.1 Å². The molecule has 1 saturated heterocycles. The van der Waals surface area contributed by atoms with Crippen LogP contribution in [0.15, 0.2) is 11.4 Å².